The maximum atomic E-state index is 12.6. The summed E-state index contributed by atoms with van der Waals surface area (Å²) in [4.78, 5) is 4.88. The van der Waals surface area contributed by atoms with Crippen molar-refractivity contribution in [3.05, 3.63) is 35.5 Å². The van der Waals surface area contributed by atoms with Crippen LogP contribution in [0.2, 0.25) is 0 Å². The van der Waals surface area contributed by atoms with Crippen molar-refractivity contribution in [3.63, 3.8) is 0 Å². The van der Waals surface area contributed by atoms with E-state index in [0.717, 1.165) is 24.3 Å². The van der Waals surface area contributed by atoms with Crippen molar-refractivity contribution in [3.8, 4) is 11.5 Å². The molecule has 0 bridgehead atoms. The molecular formula is C21H25BrF3N3O2. The number of anilines is 1. The number of aliphatic imine (C=N–C) groups is 1. The highest BCUT2D eigenvalue weighted by molar-refractivity contribution is 9.10. The summed E-state index contributed by atoms with van der Waals surface area (Å²) in [6.45, 7) is 6.24. The minimum Gasteiger partial charge on any atom is -0.496 e. The van der Waals surface area contributed by atoms with Crippen LogP contribution in [0.4, 0.5) is 24.7 Å². The van der Waals surface area contributed by atoms with Crippen LogP contribution in [0.1, 0.15) is 50.7 Å². The van der Waals surface area contributed by atoms with Gasteiger partial charge in [0.05, 0.1) is 18.5 Å². The van der Waals surface area contributed by atoms with Crippen LogP contribution in [-0.4, -0.2) is 28.2 Å². The maximum absolute atomic E-state index is 12.6. The van der Waals surface area contributed by atoms with Crippen molar-refractivity contribution < 1.29 is 22.6 Å². The average Bonchev–Trinajstić information content (AvgIpc) is 2.95. The van der Waals surface area contributed by atoms with E-state index in [-0.39, 0.29) is 11.5 Å². The van der Waals surface area contributed by atoms with E-state index in [1.807, 2.05) is 18.5 Å². The van der Waals surface area contributed by atoms with Crippen molar-refractivity contribution in [2.75, 3.05) is 12.4 Å². The zero-order chi connectivity index (χ0) is 22.3. The first kappa shape index (κ1) is 22.5. The molecule has 1 aliphatic heterocycles. The predicted octanol–water partition coefficient (Wildman–Crippen LogP) is 6.49. The van der Waals surface area contributed by atoms with Gasteiger partial charge >= 0.3 is 6.36 Å². The Balaban J connectivity index is 2.11. The molecule has 30 heavy (non-hydrogen) atoms. The van der Waals surface area contributed by atoms with Crippen LogP contribution in [-0.2, 0) is 7.05 Å². The number of aryl methyl sites for hydroxylation is 1. The fraction of sp³-hybridized carbons (Fsp3) is 0.476. The van der Waals surface area contributed by atoms with Crippen LogP contribution in [0.15, 0.2) is 29.4 Å². The first-order chi connectivity index (χ1) is 14.0. The Hall–Kier alpha value is -2.16. The molecule has 0 spiro atoms. The second-order valence-corrected chi connectivity index (χ2v) is 8.99. The summed E-state index contributed by atoms with van der Waals surface area (Å²) in [6, 6.07) is 3.99. The predicted molar refractivity (Wildman–Crippen MR) is 116 cm³/mol. The summed E-state index contributed by atoms with van der Waals surface area (Å²) < 4.78 is 48.3. The van der Waals surface area contributed by atoms with Crippen LogP contribution in [0, 0.1) is 0 Å². The van der Waals surface area contributed by atoms with Gasteiger partial charge < -0.3 is 19.4 Å². The molecule has 1 aliphatic rings. The normalized spacial score (nSPS) is 18.7. The smallest absolute Gasteiger partial charge is 0.496 e. The van der Waals surface area contributed by atoms with Crippen LogP contribution in [0.5, 0.6) is 11.5 Å². The number of methoxy groups -OCH3 is 1. The van der Waals surface area contributed by atoms with Gasteiger partial charge in [-0.15, -0.1) is 13.2 Å². The van der Waals surface area contributed by atoms with Gasteiger partial charge in [0.15, 0.2) is 5.82 Å². The quantitative estimate of drug-likeness (QED) is 0.374. The number of nitrogens with one attached hydrogen (secondary N) is 1. The first-order valence-corrected chi connectivity index (χ1v) is 10.5. The van der Waals surface area contributed by atoms with E-state index in [9.17, 15) is 13.2 Å². The Morgan fingerprint density at radius 2 is 1.93 bits per heavy atom. The molecule has 2 heterocycles. The van der Waals surface area contributed by atoms with Crippen molar-refractivity contribution in [1.82, 2.24) is 4.57 Å². The number of hydrogen-bond acceptors (Lipinski definition) is 4. The Bertz CT molecular complexity index is 963. The number of nitrogens with zero attached hydrogens (tertiary/aromatic N) is 2. The molecule has 2 aromatic rings. The molecule has 3 rings (SSSR count). The molecule has 0 fully saturated rings. The summed E-state index contributed by atoms with van der Waals surface area (Å²) in [5.41, 5.74) is 3.33. The monoisotopic (exact) mass is 487 g/mol. The fourth-order valence-corrected chi connectivity index (χ4v) is 4.32. The van der Waals surface area contributed by atoms with E-state index >= 15 is 0 Å². The lowest BCUT2D eigenvalue weighted by Gasteiger charge is -2.33. The molecule has 9 heteroatoms. The van der Waals surface area contributed by atoms with E-state index in [4.69, 9.17) is 9.73 Å². The van der Waals surface area contributed by atoms with Gasteiger partial charge in [0.25, 0.3) is 0 Å². The molecule has 1 aromatic heterocycles. The maximum Gasteiger partial charge on any atom is 0.573 e. The zero-order valence-electron chi connectivity index (χ0n) is 17.5. The number of fused-ring (bicyclic) bond motifs is 1. The number of aromatic nitrogens is 1. The van der Waals surface area contributed by atoms with Gasteiger partial charge in [0, 0.05) is 24.9 Å². The fourth-order valence-electron chi connectivity index (χ4n) is 3.82. The number of benzene rings is 1. The van der Waals surface area contributed by atoms with Gasteiger partial charge in [-0.2, -0.15) is 0 Å². The van der Waals surface area contributed by atoms with E-state index in [0.29, 0.717) is 17.2 Å². The molecule has 1 N–H and O–H groups in total. The molecule has 1 aromatic carbocycles. The first-order valence-electron chi connectivity index (χ1n) is 9.70. The van der Waals surface area contributed by atoms with Gasteiger partial charge in [0.2, 0.25) is 0 Å². The summed E-state index contributed by atoms with van der Waals surface area (Å²) in [7, 11) is 3.33. The second kappa shape index (κ2) is 8.17. The van der Waals surface area contributed by atoms with Gasteiger partial charge in [-0.3, -0.25) is 0 Å². The van der Waals surface area contributed by atoms with Crippen LogP contribution < -0.4 is 14.8 Å². The standard InChI is InChI=1S/C21H25BrF3N3O2/c1-6-12(7-2)15-11-28(4)19-17(15)27-20(3,22)18(26-19)14-9-8-13(10-16(14)29-5)30-21(23,24)25/h8-12,27H,6-7H2,1-5H3. The van der Waals surface area contributed by atoms with Crippen molar-refractivity contribution in [2.45, 2.75) is 50.3 Å². The highest BCUT2D eigenvalue weighted by atomic mass is 79.9. The molecule has 0 amide bonds. The number of rotatable bonds is 6. The summed E-state index contributed by atoms with van der Waals surface area (Å²) in [5.74, 6) is 1.06. The van der Waals surface area contributed by atoms with E-state index in [1.54, 1.807) is 0 Å². The third-order valence-electron chi connectivity index (χ3n) is 5.29. The van der Waals surface area contributed by atoms with Crippen molar-refractivity contribution in [1.29, 1.82) is 0 Å². The Labute approximate surface area is 182 Å². The minimum atomic E-state index is -4.77. The molecule has 0 saturated carbocycles. The summed E-state index contributed by atoms with van der Waals surface area (Å²) in [5, 5.41) is 3.53. The highest BCUT2D eigenvalue weighted by Crippen LogP contribution is 2.46. The van der Waals surface area contributed by atoms with Crippen LogP contribution >= 0.6 is 15.9 Å². The highest BCUT2D eigenvalue weighted by Gasteiger charge is 2.38. The Kier molecular flexibility index (Phi) is 6.13. The van der Waals surface area contributed by atoms with Gasteiger partial charge in [-0.25, -0.2) is 4.99 Å². The molecular weight excluding hydrogens is 463 g/mol. The lowest BCUT2D eigenvalue weighted by Crippen LogP contribution is -2.40. The summed E-state index contributed by atoms with van der Waals surface area (Å²) >= 11 is 3.71. The number of ether oxygens (including phenoxy) is 2. The number of alkyl halides is 4. The number of halogens is 4. The van der Waals surface area contributed by atoms with Crippen LogP contribution in [0.25, 0.3) is 0 Å². The number of hydrogen-bond donors (Lipinski definition) is 1. The van der Waals surface area contributed by atoms with E-state index in [2.05, 4.69) is 46.0 Å². The summed E-state index contributed by atoms with van der Waals surface area (Å²) in [6.07, 6.45) is -0.663. The van der Waals surface area contributed by atoms with Gasteiger partial charge in [-0.05, 0) is 43.4 Å². The Morgan fingerprint density at radius 1 is 1.27 bits per heavy atom. The molecule has 0 saturated heterocycles. The molecule has 1 unspecified atom stereocenters. The lowest BCUT2D eigenvalue weighted by molar-refractivity contribution is -0.274. The molecule has 0 aliphatic carbocycles. The largest absolute Gasteiger partial charge is 0.573 e. The third kappa shape index (κ3) is 4.31. The molecule has 164 valence electrons. The van der Waals surface area contributed by atoms with Crippen molar-refractivity contribution in [2.24, 2.45) is 12.0 Å². The Morgan fingerprint density at radius 3 is 2.50 bits per heavy atom. The molecule has 0 radical (unpaired) electrons. The van der Waals surface area contributed by atoms with Gasteiger partial charge in [0.1, 0.15) is 15.9 Å². The minimum absolute atomic E-state index is 0.237. The molecule has 1 atom stereocenters. The van der Waals surface area contributed by atoms with Crippen LogP contribution in [0.3, 0.4) is 0 Å². The average molecular weight is 488 g/mol. The topological polar surface area (TPSA) is 47.8 Å². The van der Waals surface area contributed by atoms with Gasteiger partial charge in [-0.1, -0.05) is 29.8 Å². The SMILES string of the molecule is CCC(CC)c1cn(C)c2c1NC(C)(Br)C(c1ccc(OC(F)(F)F)cc1OC)=N2. The second-order valence-electron chi connectivity index (χ2n) is 7.41. The lowest BCUT2D eigenvalue weighted by atomic mass is 9.93. The van der Waals surface area contributed by atoms with E-state index in [1.165, 1.54) is 30.9 Å². The van der Waals surface area contributed by atoms with E-state index < -0.39 is 10.8 Å². The third-order valence-corrected chi connectivity index (χ3v) is 5.86. The van der Waals surface area contributed by atoms with Crippen molar-refractivity contribution >= 4 is 33.1 Å². The molecule has 5 nitrogen and oxygen atoms in total. The zero-order valence-corrected chi connectivity index (χ0v) is 19.1.